The third kappa shape index (κ3) is 4.32. The second-order valence-electron chi connectivity index (χ2n) is 6.51. The van der Waals surface area contributed by atoms with Crippen molar-refractivity contribution in [1.29, 1.82) is 0 Å². The van der Waals surface area contributed by atoms with Crippen molar-refractivity contribution >= 4 is 28.8 Å². The predicted octanol–water partition coefficient (Wildman–Crippen LogP) is 4.60. The van der Waals surface area contributed by atoms with Gasteiger partial charge in [0.25, 0.3) is 0 Å². The molecule has 0 bridgehead atoms. The fraction of sp³-hybridized carbons (Fsp3) is 0.350. The number of aliphatic hydroxyl groups is 1. The first-order chi connectivity index (χ1) is 12.0. The Labute approximate surface area is 157 Å². The molecule has 0 spiro atoms. The van der Waals surface area contributed by atoms with Gasteiger partial charge in [0.15, 0.2) is 0 Å². The quantitative estimate of drug-likeness (QED) is 0.685. The van der Waals surface area contributed by atoms with Crippen LogP contribution >= 0.6 is 22.9 Å². The van der Waals surface area contributed by atoms with Crippen LogP contribution in [0.4, 0.5) is 0 Å². The smallest absolute Gasteiger partial charge is 0.226 e. The summed E-state index contributed by atoms with van der Waals surface area (Å²) in [6, 6.07) is 13.3. The van der Waals surface area contributed by atoms with Crippen molar-refractivity contribution in [3.05, 3.63) is 69.9 Å². The van der Waals surface area contributed by atoms with Gasteiger partial charge >= 0.3 is 0 Å². The first kappa shape index (κ1) is 18.2. The van der Waals surface area contributed by atoms with E-state index in [1.165, 1.54) is 11.3 Å². The van der Waals surface area contributed by atoms with Gasteiger partial charge < -0.3 is 10.0 Å². The Kier molecular flexibility index (Phi) is 5.62. The van der Waals surface area contributed by atoms with Crippen LogP contribution in [-0.4, -0.2) is 22.5 Å². The van der Waals surface area contributed by atoms with Gasteiger partial charge in [0.1, 0.15) is 5.60 Å². The molecule has 132 valence electrons. The molecule has 1 aromatic heterocycles. The molecule has 1 fully saturated rings. The minimum atomic E-state index is -1.09. The molecule has 0 aliphatic heterocycles. The van der Waals surface area contributed by atoms with Crippen molar-refractivity contribution in [2.75, 3.05) is 6.54 Å². The summed E-state index contributed by atoms with van der Waals surface area (Å²) < 4.78 is 0.708. The number of carbonyl (C=O) groups excluding carboxylic acids is 1. The summed E-state index contributed by atoms with van der Waals surface area (Å²) in [4.78, 5) is 15.7. The summed E-state index contributed by atoms with van der Waals surface area (Å²) in [7, 11) is 0. The van der Waals surface area contributed by atoms with Gasteiger partial charge in [0.05, 0.1) is 17.3 Å². The lowest BCUT2D eigenvalue weighted by atomic mass is 9.85. The molecule has 1 N–H and O–H groups in total. The highest BCUT2D eigenvalue weighted by molar-refractivity contribution is 7.16. The van der Waals surface area contributed by atoms with E-state index in [2.05, 4.69) is 6.58 Å². The molecule has 1 saturated carbocycles. The number of amides is 1. The minimum absolute atomic E-state index is 0.0670. The van der Waals surface area contributed by atoms with E-state index in [1.54, 1.807) is 11.0 Å². The summed E-state index contributed by atoms with van der Waals surface area (Å²) >= 11 is 7.46. The molecule has 1 heterocycles. The Morgan fingerprint density at radius 1 is 1.32 bits per heavy atom. The van der Waals surface area contributed by atoms with Crippen LogP contribution in [0.15, 0.2) is 55.1 Å². The SMILES string of the molecule is C=CCN(Cc1ccc(Cl)s1)C(=O)CC(O)(c1ccccc1)C1CC1. The number of thiophene rings is 1. The van der Waals surface area contributed by atoms with Crippen LogP contribution in [0.25, 0.3) is 0 Å². The molecule has 1 unspecified atom stereocenters. The van der Waals surface area contributed by atoms with E-state index in [-0.39, 0.29) is 18.2 Å². The third-order valence-electron chi connectivity index (χ3n) is 4.62. The fourth-order valence-electron chi connectivity index (χ4n) is 3.15. The molecule has 3 nitrogen and oxygen atoms in total. The lowest BCUT2D eigenvalue weighted by molar-refractivity contribution is -0.138. The van der Waals surface area contributed by atoms with Gasteiger partial charge in [-0.25, -0.2) is 0 Å². The molecule has 3 rings (SSSR count). The Morgan fingerprint density at radius 2 is 2.04 bits per heavy atom. The highest BCUT2D eigenvalue weighted by atomic mass is 35.5. The molecule has 25 heavy (non-hydrogen) atoms. The molecule has 1 atom stereocenters. The minimum Gasteiger partial charge on any atom is -0.384 e. The van der Waals surface area contributed by atoms with Crippen molar-refractivity contribution < 1.29 is 9.90 Å². The van der Waals surface area contributed by atoms with Gasteiger partial charge in [-0.2, -0.15) is 0 Å². The third-order valence-corrected chi connectivity index (χ3v) is 5.84. The van der Waals surface area contributed by atoms with E-state index < -0.39 is 5.60 Å². The van der Waals surface area contributed by atoms with Crippen molar-refractivity contribution in [2.24, 2.45) is 5.92 Å². The molecule has 2 aromatic rings. The zero-order valence-electron chi connectivity index (χ0n) is 14.0. The van der Waals surface area contributed by atoms with Crippen LogP contribution < -0.4 is 0 Å². The van der Waals surface area contributed by atoms with Crippen molar-refractivity contribution in [1.82, 2.24) is 4.90 Å². The van der Waals surface area contributed by atoms with Gasteiger partial charge in [-0.1, -0.05) is 48.0 Å². The Balaban J connectivity index is 1.77. The van der Waals surface area contributed by atoms with E-state index in [1.807, 2.05) is 42.5 Å². The molecule has 1 aliphatic rings. The van der Waals surface area contributed by atoms with Gasteiger partial charge in [0, 0.05) is 11.4 Å². The number of carbonyl (C=O) groups is 1. The van der Waals surface area contributed by atoms with Gasteiger partial charge in [0.2, 0.25) is 5.91 Å². The fourth-order valence-corrected chi connectivity index (χ4v) is 4.25. The summed E-state index contributed by atoms with van der Waals surface area (Å²) in [6.45, 7) is 4.68. The summed E-state index contributed by atoms with van der Waals surface area (Å²) in [5.74, 6) is 0.0864. The Morgan fingerprint density at radius 3 is 2.60 bits per heavy atom. The monoisotopic (exact) mass is 375 g/mol. The molecular formula is C20H22ClNO2S. The highest BCUT2D eigenvalue weighted by Crippen LogP contribution is 2.48. The average molecular weight is 376 g/mol. The largest absolute Gasteiger partial charge is 0.384 e. The first-order valence-electron chi connectivity index (χ1n) is 8.43. The number of hydrogen-bond acceptors (Lipinski definition) is 3. The topological polar surface area (TPSA) is 40.5 Å². The number of hydrogen-bond donors (Lipinski definition) is 1. The highest BCUT2D eigenvalue weighted by Gasteiger charge is 2.46. The number of rotatable bonds is 8. The second-order valence-corrected chi connectivity index (χ2v) is 8.31. The molecule has 0 saturated heterocycles. The van der Waals surface area contributed by atoms with E-state index in [0.717, 1.165) is 23.3 Å². The van der Waals surface area contributed by atoms with Crippen LogP contribution in [0.5, 0.6) is 0 Å². The van der Waals surface area contributed by atoms with Crippen molar-refractivity contribution in [3.63, 3.8) is 0 Å². The maximum absolute atomic E-state index is 13.0. The van der Waals surface area contributed by atoms with E-state index in [9.17, 15) is 9.90 Å². The average Bonchev–Trinajstić information content (AvgIpc) is 3.39. The molecule has 1 aromatic carbocycles. The van der Waals surface area contributed by atoms with Crippen molar-refractivity contribution in [2.45, 2.75) is 31.4 Å². The summed E-state index contributed by atoms with van der Waals surface area (Å²) in [5, 5.41) is 11.3. The van der Waals surface area contributed by atoms with Crippen LogP contribution in [0.2, 0.25) is 4.34 Å². The molecular weight excluding hydrogens is 354 g/mol. The zero-order chi connectivity index (χ0) is 17.9. The maximum atomic E-state index is 13.0. The summed E-state index contributed by atoms with van der Waals surface area (Å²) in [5.41, 5.74) is -0.270. The van der Waals surface area contributed by atoms with E-state index >= 15 is 0 Å². The molecule has 1 amide bonds. The normalized spacial score (nSPS) is 16.2. The van der Waals surface area contributed by atoms with Gasteiger partial charge in [-0.05, 0) is 36.5 Å². The predicted molar refractivity (Wildman–Crippen MR) is 103 cm³/mol. The van der Waals surface area contributed by atoms with E-state index in [4.69, 9.17) is 11.6 Å². The number of halogens is 1. The number of nitrogens with zero attached hydrogens (tertiary/aromatic N) is 1. The summed E-state index contributed by atoms with van der Waals surface area (Å²) in [6.07, 6.45) is 3.72. The zero-order valence-corrected chi connectivity index (χ0v) is 15.6. The van der Waals surface area contributed by atoms with Crippen molar-refractivity contribution in [3.8, 4) is 0 Å². The lowest BCUT2D eigenvalue weighted by Crippen LogP contribution is -2.39. The number of benzene rings is 1. The van der Waals surface area contributed by atoms with Crippen LogP contribution in [-0.2, 0) is 16.9 Å². The van der Waals surface area contributed by atoms with Crippen LogP contribution in [0, 0.1) is 5.92 Å². The Bertz CT molecular complexity index is 741. The standard InChI is InChI=1S/C20H22ClNO2S/c1-2-12-22(14-17-10-11-18(21)25-17)19(23)13-20(24,16-8-9-16)15-6-4-3-5-7-15/h2-7,10-11,16,24H,1,8-9,12-14H2. The van der Waals surface area contributed by atoms with Crippen LogP contribution in [0.1, 0.15) is 29.7 Å². The first-order valence-corrected chi connectivity index (χ1v) is 9.63. The van der Waals surface area contributed by atoms with Gasteiger partial charge in [-0.3, -0.25) is 4.79 Å². The maximum Gasteiger partial charge on any atom is 0.226 e. The molecule has 1 aliphatic carbocycles. The second kappa shape index (κ2) is 7.73. The molecule has 5 heteroatoms. The lowest BCUT2D eigenvalue weighted by Gasteiger charge is -2.31. The van der Waals surface area contributed by atoms with E-state index in [0.29, 0.717) is 17.4 Å². The molecule has 0 radical (unpaired) electrons. The van der Waals surface area contributed by atoms with Crippen LogP contribution in [0.3, 0.4) is 0 Å². The van der Waals surface area contributed by atoms with Gasteiger partial charge in [-0.15, -0.1) is 17.9 Å². The Hall–Kier alpha value is -1.62.